The van der Waals surface area contributed by atoms with Crippen LogP contribution in [0.15, 0.2) is 34.3 Å². The van der Waals surface area contributed by atoms with Gasteiger partial charge in [-0.15, -0.1) is 0 Å². The van der Waals surface area contributed by atoms with E-state index in [-0.39, 0.29) is 11.6 Å². The van der Waals surface area contributed by atoms with Crippen LogP contribution >= 0.6 is 15.9 Å². The van der Waals surface area contributed by atoms with Crippen molar-refractivity contribution in [2.45, 2.75) is 13.3 Å². The van der Waals surface area contributed by atoms with Gasteiger partial charge in [-0.25, -0.2) is 9.59 Å². The Morgan fingerprint density at radius 3 is 2.75 bits per heavy atom. The standard InChI is InChI=1S/C14H15BrN2O3/c1-9-4-6-17(7-5-9)14(20)16-12-8-10(15)2-3-11(12)13(18)19/h2-4,8H,5-7H2,1H3,(H,16,20)(H,18,19). The molecule has 2 rings (SSSR count). The van der Waals surface area contributed by atoms with Gasteiger partial charge in [-0.2, -0.15) is 0 Å². The summed E-state index contributed by atoms with van der Waals surface area (Å²) in [6, 6.07) is 4.40. The Hall–Kier alpha value is -1.82. The number of carbonyl (C=O) groups excluding carboxylic acids is 1. The van der Waals surface area contributed by atoms with Crippen LogP contribution in [0.2, 0.25) is 0 Å². The minimum Gasteiger partial charge on any atom is -0.478 e. The zero-order valence-electron chi connectivity index (χ0n) is 11.0. The number of aromatic carboxylic acids is 1. The van der Waals surface area contributed by atoms with Crippen LogP contribution in [0.5, 0.6) is 0 Å². The largest absolute Gasteiger partial charge is 0.478 e. The summed E-state index contributed by atoms with van der Waals surface area (Å²) in [5.74, 6) is -1.07. The average molecular weight is 339 g/mol. The molecule has 5 nitrogen and oxygen atoms in total. The van der Waals surface area contributed by atoms with Gasteiger partial charge in [0.15, 0.2) is 0 Å². The van der Waals surface area contributed by atoms with Crippen molar-refractivity contribution in [2.24, 2.45) is 0 Å². The SMILES string of the molecule is CC1=CCN(C(=O)Nc2cc(Br)ccc2C(=O)O)CC1. The molecule has 0 aromatic heterocycles. The molecule has 1 heterocycles. The van der Waals surface area contributed by atoms with Crippen molar-refractivity contribution in [3.8, 4) is 0 Å². The van der Waals surface area contributed by atoms with E-state index < -0.39 is 5.97 Å². The minimum absolute atomic E-state index is 0.0743. The summed E-state index contributed by atoms with van der Waals surface area (Å²) < 4.78 is 0.715. The number of hydrogen-bond donors (Lipinski definition) is 2. The lowest BCUT2D eigenvalue weighted by Crippen LogP contribution is -2.38. The molecule has 0 aliphatic carbocycles. The maximum Gasteiger partial charge on any atom is 0.337 e. The van der Waals surface area contributed by atoms with Gasteiger partial charge in [-0.05, 0) is 31.5 Å². The Morgan fingerprint density at radius 2 is 2.15 bits per heavy atom. The van der Waals surface area contributed by atoms with E-state index in [2.05, 4.69) is 21.2 Å². The molecule has 106 valence electrons. The molecule has 0 saturated heterocycles. The van der Waals surface area contributed by atoms with E-state index in [0.29, 0.717) is 23.2 Å². The third-order valence-electron chi connectivity index (χ3n) is 3.18. The molecule has 0 fully saturated rings. The zero-order chi connectivity index (χ0) is 14.7. The first-order chi connectivity index (χ1) is 9.47. The van der Waals surface area contributed by atoms with Gasteiger partial charge in [0.05, 0.1) is 11.3 Å². The third kappa shape index (κ3) is 3.39. The van der Waals surface area contributed by atoms with E-state index in [4.69, 9.17) is 5.11 Å². The normalized spacial score (nSPS) is 14.7. The number of rotatable bonds is 2. The van der Waals surface area contributed by atoms with Gasteiger partial charge in [0.25, 0.3) is 0 Å². The number of carboxylic acids is 1. The summed E-state index contributed by atoms with van der Waals surface area (Å²) in [7, 11) is 0. The number of halogens is 1. The van der Waals surface area contributed by atoms with E-state index >= 15 is 0 Å². The molecule has 0 atom stereocenters. The molecule has 2 N–H and O–H groups in total. The molecule has 0 spiro atoms. The first-order valence-corrected chi connectivity index (χ1v) is 7.01. The summed E-state index contributed by atoms with van der Waals surface area (Å²) >= 11 is 3.27. The van der Waals surface area contributed by atoms with Crippen molar-refractivity contribution < 1.29 is 14.7 Å². The highest BCUT2D eigenvalue weighted by Crippen LogP contribution is 2.22. The molecule has 2 amide bonds. The van der Waals surface area contributed by atoms with Crippen LogP contribution < -0.4 is 5.32 Å². The molecular formula is C14H15BrN2O3. The fraction of sp³-hybridized carbons (Fsp3) is 0.286. The van der Waals surface area contributed by atoms with Crippen molar-refractivity contribution in [1.82, 2.24) is 4.90 Å². The van der Waals surface area contributed by atoms with Gasteiger partial charge in [0, 0.05) is 17.6 Å². The molecule has 1 aliphatic heterocycles. The molecule has 0 unspecified atom stereocenters. The Kier molecular flexibility index (Phi) is 4.44. The first kappa shape index (κ1) is 14.6. The van der Waals surface area contributed by atoms with Crippen molar-refractivity contribution >= 4 is 33.6 Å². The predicted octanol–water partition coefficient (Wildman–Crippen LogP) is 3.33. The van der Waals surface area contributed by atoms with Crippen LogP contribution in [0.3, 0.4) is 0 Å². The van der Waals surface area contributed by atoms with Crippen molar-refractivity contribution in [3.63, 3.8) is 0 Å². The number of carboxylic acid groups (broad SMARTS) is 1. The summed E-state index contributed by atoms with van der Waals surface area (Å²) in [6.07, 6.45) is 2.85. The van der Waals surface area contributed by atoms with Crippen LogP contribution in [0, 0.1) is 0 Å². The Morgan fingerprint density at radius 1 is 1.40 bits per heavy atom. The third-order valence-corrected chi connectivity index (χ3v) is 3.67. The van der Waals surface area contributed by atoms with E-state index in [0.717, 1.165) is 6.42 Å². The molecule has 0 saturated carbocycles. The zero-order valence-corrected chi connectivity index (χ0v) is 12.6. The number of carbonyl (C=O) groups is 2. The molecule has 1 aliphatic rings. The van der Waals surface area contributed by atoms with Gasteiger partial charge in [-0.3, -0.25) is 0 Å². The molecule has 0 bridgehead atoms. The van der Waals surface area contributed by atoms with Crippen LogP contribution in [0.1, 0.15) is 23.7 Å². The van der Waals surface area contributed by atoms with Gasteiger partial charge < -0.3 is 15.3 Å². The Labute approximate surface area is 125 Å². The van der Waals surface area contributed by atoms with Crippen LogP contribution in [0.4, 0.5) is 10.5 Å². The second-order valence-corrected chi connectivity index (χ2v) is 5.59. The Balaban J connectivity index is 2.15. The molecule has 1 aromatic rings. The first-order valence-electron chi connectivity index (χ1n) is 6.22. The lowest BCUT2D eigenvalue weighted by Gasteiger charge is -2.26. The van der Waals surface area contributed by atoms with Gasteiger partial charge in [0.2, 0.25) is 0 Å². The quantitative estimate of drug-likeness (QED) is 0.812. The lowest BCUT2D eigenvalue weighted by molar-refractivity contribution is 0.0698. The fourth-order valence-corrected chi connectivity index (χ4v) is 2.32. The smallest absolute Gasteiger partial charge is 0.337 e. The molecule has 6 heteroatoms. The Bertz CT molecular complexity index is 584. The van der Waals surface area contributed by atoms with Crippen LogP contribution in [-0.2, 0) is 0 Å². The highest BCUT2D eigenvalue weighted by atomic mass is 79.9. The lowest BCUT2D eigenvalue weighted by atomic mass is 10.1. The number of urea groups is 1. The van der Waals surface area contributed by atoms with E-state index in [1.807, 2.05) is 13.0 Å². The maximum atomic E-state index is 12.1. The topological polar surface area (TPSA) is 69.6 Å². The van der Waals surface area contributed by atoms with Crippen molar-refractivity contribution in [2.75, 3.05) is 18.4 Å². The molecule has 1 aromatic carbocycles. The van der Waals surface area contributed by atoms with E-state index in [9.17, 15) is 9.59 Å². The number of nitrogens with one attached hydrogen (secondary N) is 1. The van der Waals surface area contributed by atoms with Crippen molar-refractivity contribution in [1.29, 1.82) is 0 Å². The molecular weight excluding hydrogens is 324 g/mol. The van der Waals surface area contributed by atoms with Gasteiger partial charge in [0.1, 0.15) is 0 Å². The van der Waals surface area contributed by atoms with E-state index in [1.165, 1.54) is 11.6 Å². The number of benzene rings is 1. The highest BCUT2D eigenvalue weighted by molar-refractivity contribution is 9.10. The second kappa shape index (κ2) is 6.09. The molecule has 20 heavy (non-hydrogen) atoms. The second-order valence-electron chi connectivity index (χ2n) is 4.67. The van der Waals surface area contributed by atoms with Crippen LogP contribution in [0.25, 0.3) is 0 Å². The van der Waals surface area contributed by atoms with Crippen molar-refractivity contribution in [3.05, 3.63) is 39.9 Å². The molecule has 0 radical (unpaired) electrons. The highest BCUT2D eigenvalue weighted by Gasteiger charge is 2.18. The summed E-state index contributed by atoms with van der Waals surface area (Å²) in [5, 5.41) is 11.8. The summed E-state index contributed by atoms with van der Waals surface area (Å²) in [4.78, 5) is 24.9. The van der Waals surface area contributed by atoms with E-state index in [1.54, 1.807) is 17.0 Å². The summed E-state index contributed by atoms with van der Waals surface area (Å²) in [6.45, 7) is 3.23. The van der Waals surface area contributed by atoms with Gasteiger partial charge >= 0.3 is 12.0 Å². The maximum absolute atomic E-state index is 12.1. The predicted molar refractivity (Wildman–Crippen MR) is 80.1 cm³/mol. The van der Waals surface area contributed by atoms with Gasteiger partial charge in [-0.1, -0.05) is 27.6 Å². The fourth-order valence-electron chi connectivity index (χ4n) is 1.96. The average Bonchev–Trinajstić information content (AvgIpc) is 2.39. The minimum atomic E-state index is -1.07. The number of hydrogen-bond acceptors (Lipinski definition) is 2. The van der Waals surface area contributed by atoms with Crippen LogP contribution in [-0.4, -0.2) is 35.1 Å². The summed E-state index contributed by atoms with van der Waals surface area (Å²) in [5.41, 5.74) is 1.64. The number of amides is 2. The monoisotopic (exact) mass is 338 g/mol. The number of nitrogens with zero attached hydrogens (tertiary/aromatic N) is 1. The number of anilines is 1.